The maximum absolute atomic E-state index is 13.1. The van der Waals surface area contributed by atoms with Gasteiger partial charge in [-0.1, -0.05) is 43.7 Å². The number of hydrogen-bond donors (Lipinski definition) is 0. The van der Waals surface area contributed by atoms with Crippen molar-refractivity contribution in [2.75, 3.05) is 6.54 Å². The molecule has 0 saturated carbocycles. The number of rotatable bonds is 6. The average Bonchev–Trinajstić information content (AvgIpc) is 2.90. The monoisotopic (exact) mass is 370 g/mol. The Morgan fingerprint density at radius 2 is 1.73 bits per heavy atom. The van der Waals surface area contributed by atoms with E-state index in [-0.39, 0.29) is 0 Å². The van der Waals surface area contributed by atoms with Gasteiger partial charge < -0.3 is 4.57 Å². The van der Waals surface area contributed by atoms with Crippen LogP contribution in [0.2, 0.25) is 0 Å². The van der Waals surface area contributed by atoms with Gasteiger partial charge in [-0.25, -0.2) is 8.42 Å². The molecule has 0 atom stereocenters. The molecular formula is C21H26N2O2S. The fraction of sp³-hybridized carbons (Fsp3) is 0.333. The molecule has 0 radical (unpaired) electrons. The van der Waals surface area contributed by atoms with Gasteiger partial charge in [-0.15, -0.1) is 0 Å². The molecule has 3 rings (SSSR count). The Labute approximate surface area is 156 Å². The third-order valence-electron chi connectivity index (χ3n) is 4.99. The first-order chi connectivity index (χ1) is 12.4. The lowest BCUT2D eigenvalue weighted by Crippen LogP contribution is -2.30. The predicted octanol–water partition coefficient (Wildman–Crippen LogP) is 4.26. The summed E-state index contributed by atoms with van der Waals surface area (Å²) >= 11 is 0. The van der Waals surface area contributed by atoms with Crippen LogP contribution >= 0.6 is 0 Å². The third-order valence-corrected chi connectivity index (χ3v) is 6.93. The molecule has 0 unspecified atom stereocenters. The van der Waals surface area contributed by atoms with Crippen LogP contribution in [0.25, 0.3) is 10.9 Å². The molecule has 138 valence electrons. The van der Waals surface area contributed by atoms with E-state index in [4.69, 9.17) is 0 Å². The Morgan fingerprint density at radius 1 is 1.04 bits per heavy atom. The number of aryl methyl sites for hydroxylation is 2. The number of nitrogens with zero attached hydrogens (tertiary/aromatic N) is 2. The second-order valence-electron chi connectivity index (χ2n) is 6.60. The van der Waals surface area contributed by atoms with Crippen molar-refractivity contribution in [3.63, 3.8) is 0 Å². The molecule has 1 heterocycles. The topological polar surface area (TPSA) is 42.3 Å². The summed E-state index contributed by atoms with van der Waals surface area (Å²) in [6, 6.07) is 15.1. The Balaban J connectivity index is 2.11. The van der Waals surface area contributed by atoms with Crippen molar-refractivity contribution in [2.24, 2.45) is 7.05 Å². The van der Waals surface area contributed by atoms with Gasteiger partial charge in [0.1, 0.15) is 0 Å². The SMILES string of the molecule is CCc1c(CN(CC)S(=O)(=O)c2ccccc2)c2cc(C)ccc2n1C. The van der Waals surface area contributed by atoms with Crippen LogP contribution in [0.3, 0.4) is 0 Å². The minimum absolute atomic E-state index is 0.344. The maximum Gasteiger partial charge on any atom is 0.243 e. The van der Waals surface area contributed by atoms with Crippen LogP contribution in [0, 0.1) is 6.92 Å². The number of benzene rings is 2. The van der Waals surface area contributed by atoms with Gasteiger partial charge in [0.15, 0.2) is 0 Å². The molecule has 0 fully saturated rings. The molecule has 0 spiro atoms. The Morgan fingerprint density at radius 3 is 2.35 bits per heavy atom. The van der Waals surface area contributed by atoms with Crippen molar-refractivity contribution < 1.29 is 8.42 Å². The van der Waals surface area contributed by atoms with Crippen molar-refractivity contribution in [3.05, 3.63) is 65.4 Å². The molecule has 0 bridgehead atoms. The second-order valence-corrected chi connectivity index (χ2v) is 8.54. The minimum atomic E-state index is -3.52. The third kappa shape index (κ3) is 3.17. The molecule has 2 aromatic carbocycles. The van der Waals surface area contributed by atoms with E-state index in [1.807, 2.05) is 13.0 Å². The van der Waals surface area contributed by atoms with Crippen molar-refractivity contribution in [2.45, 2.75) is 38.6 Å². The summed E-state index contributed by atoms with van der Waals surface area (Å²) in [5.41, 5.74) is 4.62. The second kappa shape index (κ2) is 7.25. The first kappa shape index (κ1) is 18.7. The molecule has 1 aromatic heterocycles. The summed E-state index contributed by atoms with van der Waals surface area (Å²) in [4.78, 5) is 0.344. The van der Waals surface area contributed by atoms with E-state index in [0.717, 1.165) is 22.9 Å². The fourth-order valence-corrected chi connectivity index (χ4v) is 5.04. The number of hydrogen-bond acceptors (Lipinski definition) is 2. The number of fused-ring (bicyclic) bond motifs is 1. The van der Waals surface area contributed by atoms with Crippen molar-refractivity contribution in [1.82, 2.24) is 8.87 Å². The zero-order valence-corrected chi connectivity index (χ0v) is 16.7. The highest BCUT2D eigenvalue weighted by Crippen LogP contribution is 2.29. The van der Waals surface area contributed by atoms with Crippen LogP contribution < -0.4 is 0 Å². The average molecular weight is 371 g/mol. The molecule has 0 amide bonds. The summed E-state index contributed by atoms with van der Waals surface area (Å²) in [7, 11) is -1.46. The largest absolute Gasteiger partial charge is 0.347 e. The standard InChI is InChI=1S/C21H26N2O2S/c1-5-20-19(18-14-16(3)12-13-21(18)22(20)4)15-23(6-2)26(24,25)17-10-8-7-9-11-17/h7-14H,5-6,15H2,1-4H3. The van der Waals surface area contributed by atoms with E-state index in [1.165, 1.54) is 11.3 Å². The van der Waals surface area contributed by atoms with Gasteiger partial charge in [0.2, 0.25) is 10.0 Å². The van der Waals surface area contributed by atoms with Gasteiger partial charge in [0, 0.05) is 36.7 Å². The molecule has 5 heteroatoms. The highest BCUT2D eigenvalue weighted by Gasteiger charge is 2.25. The van der Waals surface area contributed by atoms with Crippen LogP contribution in [-0.2, 0) is 30.0 Å². The van der Waals surface area contributed by atoms with E-state index >= 15 is 0 Å². The van der Waals surface area contributed by atoms with Crippen LogP contribution in [-0.4, -0.2) is 23.8 Å². The predicted molar refractivity (Wildman–Crippen MR) is 107 cm³/mol. The molecule has 0 aliphatic carbocycles. The summed E-state index contributed by atoms with van der Waals surface area (Å²) in [6.45, 7) is 6.90. The quantitative estimate of drug-likeness (QED) is 0.651. The zero-order chi connectivity index (χ0) is 18.9. The van der Waals surface area contributed by atoms with Crippen LogP contribution in [0.5, 0.6) is 0 Å². The fourth-order valence-electron chi connectivity index (χ4n) is 3.60. The van der Waals surface area contributed by atoms with Crippen molar-refractivity contribution in [1.29, 1.82) is 0 Å². The smallest absolute Gasteiger partial charge is 0.243 e. The number of aromatic nitrogens is 1. The van der Waals surface area contributed by atoms with Gasteiger partial charge in [-0.3, -0.25) is 0 Å². The molecule has 26 heavy (non-hydrogen) atoms. The van der Waals surface area contributed by atoms with Crippen molar-refractivity contribution >= 4 is 20.9 Å². The van der Waals surface area contributed by atoms with Crippen molar-refractivity contribution in [3.8, 4) is 0 Å². The molecule has 4 nitrogen and oxygen atoms in total. The Hall–Kier alpha value is -2.11. The normalized spacial score (nSPS) is 12.2. The van der Waals surface area contributed by atoms with Crippen LogP contribution in [0.15, 0.2) is 53.4 Å². The minimum Gasteiger partial charge on any atom is -0.347 e. The summed E-state index contributed by atoms with van der Waals surface area (Å²) in [6.07, 6.45) is 0.864. The van der Waals surface area contributed by atoms with E-state index in [9.17, 15) is 8.42 Å². The van der Waals surface area contributed by atoms with Crippen LogP contribution in [0.1, 0.15) is 30.7 Å². The highest BCUT2D eigenvalue weighted by atomic mass is 32.2. The number of sulfonamides is 1. The molecule has 0 N–H and O–H groups in total. The molecular weight excluding hydrogens is 344 g/mol. The van der Waals surface area contributed by atoms with E-state index in [0.29, 0.717) is 18.0 Å². The summed E-state index contributed by atoms with van der Waals surface area (Å²) in [5.74, 6) is 0. The zero-order valence-electron chi connectivity index (χ0n) is 15.9. The lowest BCUT2D eigenvalue weighted by Gasteiger charge is -2.21. The first-order valence-electron chi connectivity index (χ1n) is 9.02. The van der Waals surface area contributed by atoms with Crippen LogP contribution in [0.4, 0.5) is 0 Å². The summed E-state index contributed by atoms with van der Waals surface area (Å²) < 4.78 is 29.9. The lowest BCUT2D eigenvalue weighted by atomic mass is 10.1. The Kier molecular flexibility index (Phi) is 5.21. The van der Waals surface area contributed by atoms with Gasteiger partial charge in [0.05, 0.1) is 4.90 Å². The maximum atomic E-state index is 13.1. The van der Waals surface area contributed by atoms with E-state index < -0.39 is 10.0 Å². The van der Waals surface area contributed by atoms with E-state index in [1.54, 1.807) is 28.6 Å². The van der Waals surface area contributed by atoms with E-state index in [2.05, 4.69) is 43.7 Å². The van der Waals surface area contributed by atoms with Gasteiger partial charge in [0.25, 0.3) is 0 Å². The first-order valence-corrected chi connectivity index (χ1v) is 10.5. The Bertz CT molecular complexity index is 1020. The molecule has 0 saturated heterocycles. The molecule has 0 aliphatic heterocycles. The molecule has 3 aromatic rings. The van der Waals surface area contributed by atoms with Gasteiger partial charge >= 0.3 is 0 Å². The summed E-state index contributed by atoms with van der Waals surface area (Å²) in [5, 5.41) is 1.14. The highest BCUT2D eigenvalue weighted by molar-refractivity contribution is 7.89. The van der Waals surface area contributed by atoms with Gasteiger partial charge in [-0.05, 0) is 43.2 Å². The lowest BCUT2D eigenvalue weighted by molar-refractivity contribution is 0.423. The van der Waals surface area contributed by atoms with Gasteiger partial charge in [-0.2, -0.15) is 4.31 Å². The molecule has 0 aliphatic rings.